The molecule has 2 aromatic rings. The van der Waals surface area contributed by atoms with Crippen molar-refractivity contribution in [2.24, 2.45) is 11.1 Å². The van der Waals surface area contributed by atoms with Gasteiger partial charge in [0.2, 0.25) is 0 Å². The van der Waals surface area contributed by atoms with Gasteiger partial charge in [0, 0.05) is 12.0 Å². The van der Waals surface area contributed by atoms with Gasteiger partial charge >= 0.3 is 0 Å². The number of benzene rings is 2. The smallest absolute Gasteiger partial charge is 0.254 e. The van der Waals surface area contributed by atoms with E-state index in [1.807, 2.05) is 43.3 Å². The van der Waals surface area contributed by atoms with Gasteiger partial charge in [0.25, 0.3) is 5.91 Å². The molecule has 0 spiro atoms. The molecule has 1 N–H and O–H groups in total. The maximum Gasteiger partial charge on any atom is 0.254 e. The number of nitriles is 1. The van der Waals surface area contributed by atoms with Crippen LogP contribution in [0, 0.1) is 24.2 Å². The molecule has 30 heavy (non-hydrogen) atoms. The zero-order valence-corrected chi connectivity index (χ0v) is 17.2. The van der Waals surface area contributed by atoms with Gasteiger partial charge in [-0.25, -0.2) is 0 Å². The fraction of sp³-hybridized carbons (Fsp3) is 0.375. The third-order valence-corrected chi connectivity index (χ3v) is 6.08. The Hall–Kier alpha value is -3.17. The summed E-state index contributed by atoms with van der Waals surface area (Å²) in [6.45, 7) is 2.30. The first-order valence-electron chi connectivity index (χ1n) is 10.2. The molecule has 0 radical (unpaired) electrons. The predicted molar refractivity (Wildman–Crippen MR) is 114 cm³/mol. The molecule has 1 amide bonds. The van der Waals surface area contributed by atoms with Crippen molar-refractivity contribution in [3.8, 4) is 17.2 Å². The molecule has 6 heteroatoms. The van der Waals surface area contributed by atoms with E-state index in [1.54, 1.807) is 11.0 Å². The fourth-order valence-corrected chi connectivity index (χ4v) is 4.23. The summed E-state index contributed by atoms with van der Waals surface area (Å²) in [5, 5.41) is 24.0. The van der Waals surface area contributed by atoms with Crippen molar-refractivity contribution in [2.75, 3.05) is 13.7 Å². The molecule has 4 rings (SSSR count). The van der Waals surface area contributed by atoms with Gasteiger partial charge in [-0.3, -0.25) is 4.79 Å². The number of oxime groups is 1. The molecule has 2 aliphatic rings. The van der Waals surface area contributed by atoms with Crippen molar-refractivity contribution in [3.63, 3.8) is 0 Å². The average molecular weight is 403 g/mol. The second-order valence-electron chi connectivity index (χ2n) is 8.04. The molecule has 1 aliphatic carbocycles. The van der Waals surface area contributed by atoms with Crippen LogP contribution < -0.4 is 0 Å². The molecule has 0 aromatic heterocycles. The lowest BCUT2D eigenvalue weighted by Crippen LogP contribution is -2.43. The van der Waals surface area contributed by atoms with Crippen LogP contribution in [0.25, 0.3) is 11.1 Å². The number of rotatable bonds is 5. The van der Waals surface area contributed by atoms with E-state index >= 15 is 0 Å². The lowest BCUT2D eigenvalue weighted by atomic mass is 9.96. The lowest BCUT2D eigenvalue weighted by Gasteiger charge is -2.28. The standard InChI is InChI=1S/C24H25N3O3/c1-15-19(13-25)4-3-5-21(15)16-6-10-18(11-7-16)24(29)27-14-20(26-30-2)12-22(27)23(28)17-8-9-17/h3-7,10-11,17,22-23,28H,8-9,12,14H2,1-2H3/b26-20+/t22-,23+/m0/s1. The van der Waals surface area contributed by atoms with Gasteiger partial charge < -0.3 is 14.8 Å². The highest BCUT2D eigenvalue weighted by Gasteiger charge is 2.44. The van der Waals surface area contributed by atoms with Crippen LogP contribution in [0.5, 0.6) is 0 Å². The number of amides is 1. The fourth-order valence-electron chi connectivity index (χ4n) is 4.23. The molecule has 1 heterocycles. The number of carbonyl (C=O) groups excluding carboxylic acids is 1. The van der Waals surface area contributed by atoms with Crippen LogP contribution >= 0.6 is 0 Å². The summed E-state index contributed by atoms with van der Waals surface area (Å²) in [5.41, 5.74) is 4.85. The monoisotopic (exact) mass is 403 g/mol. The van der Waals surface area contributed by atoms with Crippen molar-refractivity contribution in [2.45, 2.75) is 38.3 Å². The normalized spacial score (nSPS) is 20.8. The summed E-state index contributed by atoms with van der Waals surface area (Å²) in [6, 6.07) is 15.0. The molecule has 0 unspecified atom stereocenters. The number of likely N-dealkylation sites (tertiary alicyclic amines) is 1. The second kappa shape index (κ2) is 8.29. The number of aliphatic hydroxyl groups is 1. The van der Waals surface area contributed by atoms with Crippen molar-refractivity contribution < 1.29 is 14.7 Å². The molecule has 0 bridgehead atoms. The van der Waals surface area contributed by atoms with Gasteiger partial charge in [-0.1, -0.05) is 29.4 Å². The van der Waals surface area contributed by atoms with Gasteiger partial charge in [-0.05, 0) is 60.6 Å². The van der Waals surface area contributed by atoms with Crippen LogP contribution in [-0.2, 0) is 4.84 Å². The Labute approximate surface area is 176 Å². The SMILES string of the molecule is CO/N=C1\C[C@@H]([C@H](O)C2CC2)N(C(=O)c2ccc(-c3cccc(C#N)c3C)cc2)C1. The number of carbonyl (C=O) groups is 1. The minimum absolute atomic E-state index is 0.116. The first-order chi connectivity index (χ1) is 14.5. The lowest BCUT2D eigenvalue weighted by molar-refractivity contribution is 0.0417. The summed E-state index contributed by atoms with van der Waals surface area (Å²) >= 11 is 0. The molecule has 2 fully saturated rings. The van der Waals surface area contributed by atoms with E-state index in [0.29, 0.717) is 24.1 Å². The molecule has 2 atom stereocenters. The van der Waals surface area contributed by atoms with Crippen LogP contribution in [-0.4, -0.2) is 47.4 Å². The van der Waals surface area contributed by atoms with E-state index < -0.39 is 6.10 Å². The second-order valence-corrected chi connectivity index (χ2v) is 8.04. The molecule has 1 saturated heterocycles. The van der Waals surface area contributed by atoms with E-state index in [0.717, 1.165) is 35.2 Å². The van der Waals surface area contributed by atoms with Crippen LogP contribution in [0.3, 0.4) is 0 Å². The van der Waals surface area contributed by atoms with Crippen molar-refractivity contribution >= 4 is 11.6 Å². The highest BCUT2D eigenvalue weighted by Crippen LogP contribution is 2.38. The van der Waals surface area contributed by atoms with E-state index in [4.69, 9.17) is 4.84 Å². The van der Waals surface area contributed by atoms with Gasteiger partial charge in [-0.2, -0.15) is 5.26 Å². The highest BCUT2D eigenvalue weighted by atomic mass is 16.6. The molecule has 1 saturated carbocycles. The van der Waals surface area contributed by atoms with E-state index in [-0.39, 0.29) is 17.9 Å². The molecular formula is C24H25N3O3. The largest absolute Gasteiger partial charge is 0.399 e. The Morgan fingerprint density at radius 1 is 1.27 bits per heavy atom. The zero-order valence-electron chi connectivity index (χ0n) is 17.2. The maximum atomic E-state index is 13.2. The third-order valence-electron chi connectivity index (χ3n) is 6.08. The number of hydrogen-bond donors (Lipinski definition) is 1. The molecule has 6 nitrogen and oxygen atoms in total. The van der Waals surface area contributed by atoms with Gasteiger partial charge in [0.1, 0.15) is 7.11 Å². The Morgan fingerprint density at radius 3 is 2.63 bits per heavy atom. The minimum atomic E-state index is -0.533. The average Bonchev–Trinajstić information content (AvgIpc) is 3.53. The molecule has 154 valence electrons. The van der Waals surface area contributed by atoms with Gasteiger partial charge in [0.15, 0.2) is 0 Å². The first kappa shape index (κ1) is 20.1. The molecule has 2 aromatic carbocycles. The number of aliphatic hydroxyl groups excluding tert-OH is 1. The van der Waals surface area contributed by atoms with E-state index in [9.17, 15) is 15.2 Å². The van der Waals surface area contributed by atoms with E-state index in [2.05, 4.69) is 11.2 Å². The number of hydrogen-bond acceptors (Lipinski definition) is 5. The first-order valence-corrected chi connectivity index (χ1v) is 10.2. The Morgan fingerprint density at radius 2 is 2.00 bits per heavy atom. The van der Waals surface area contributed by atoms with E-state index in [1.165, 1.54) is 7.11 Å². The quantitative estimate of drug-likeness (QED) is 0.774. The molecular weight excluding hydrogens is 378 g/mol. The van der Waals surface area contributed by atoms with Gasteiger partial charge in [0.05, 0.1) is 36.0 Å². The Kier molecular flexibility index (Phi) is 5.56. The zero-order chi connectivity index (χ0) is 21.3. The van der Waals surface area contributed by atoms with Crippen LogP contribution in [0.4, 0.5) is 0 Å². The third kappa shape index (κ3) is 3.81. The highest BCUT2D eigenvalue weighted by molar-refractivity contribution is 6.00. The Balaban J connectivity index is 1.58. The van der Waals surface area contributed by atoms with Crippen LogP contribution in [0.15, 0.2) is 47.6 Å². The van der Waals surface area contributed by atoms with Crippen LogP contribution in [0.1, 0.15) is 40.7 Å². The Bertz CT molecular complexity index is 1020. The predicted octanol–water partition coefficient (Wildman–Crippen LogP) is 3.52. The van der Waals surface area contributed by atoms with Crippen molar-refractivity contribution in [3.05, 3.63) is 59.2 Å². The van der Waals surface area contributed by atoms with Crippen molar-refractivity contribution in [1.82, 2.24) is 4.90 Å². The van der Waals surface area contributed by atoms with Crippen LogP contribution in [0.2, 0.25) is 0 Å². The summed E-state index contributed by atoms with van der Waals surface area (Å²) < 4.78 is 0. The summed E-state index contributed by atoms with van der Waals surface area (Å²) in [7, 11) is 1.49. The minimum Gasteiger partial charge on any atom is -0.399 e. The van der Waals surface area contributed by atoms with Crippen molar-refractivity contribution in [1.29, 1.82) is 5.26 Å². The topological polar surface area (TPSA) is 85.9 Å². The molecule has 1 aliphatic heterocycles. The number of nitrogens with zero attached hydrogens (tertiary/aromatic N) is 3. The maximum absolute atomic E-state index is 13.2. The summed E-state index contributed by atoms with van der Waals surface area (Å²) in [4.78, 5) is 19.9. The summed E-state index contributed by atoms with van der Waals surface area (Å²) in [6.07, 6.45) is 2.02. The summed E-state index contributed by atoms with van der Waals surface area (Å²) in [5.74, 6) is 0.153. The van der Waals surface area contributed by atoms with Gasteiger partial charge in [-0.15, -0.1) is 0 Å².